The van der Waals surface area contributed by atoms with Crippen molar-refractivity contribution in [1.82, 2.24) is 25.1 Å². The average Bonchev–Trinajstić information content (AvgIpc) is 3.15. The van der Waals surface area contributed by atoms with Gasteiger partial charge in [0.25, 0.3) is 0 Å². The molecule has 0 aromatic carbocycles. The zero-order valence-electron chi connectivity index (χ0n) is 14.0. The smallest absolute Gasteiger partial charge is 0.319 e. The fourth-order valence-corrected chi connectivity index (χ4v) is 2.32. The number of pyridine rings is 2. The Morgan fingerprint density at radius 1 is 1.16 bits per heavy atom. The summed E-state index contributed by atoms with van der Waals surface area (Å²) in [5, 5.41) is 9.69. The first-order valence-corrected chi connectivity index (χ1v) is 7.75. The minimum absolute atomic E-state index is 0.304. The summed E-state index contributed by atoms with van der Waals surface area (Å²) in [6.07, 6.45) is 6.80. The van der Waals surface area contributed by atoms with Crippen molar-refractivity contribution in [3.05, 3.63) is 60.7 Å². The molecule has 3 heterocycles. The van der Waals surface area contributed by atoms with Crippen LogP contribution in [0.15, 0.2) is 55.1 Å². The standard InChI is InChI=1S/C17H19N7O/c1-23(2)16-13(5-3-8-18-16)11-20-17(25)22-14-6-7-15(19-12-14)24-10-4-9-21-24/h3-10,12H,11H2,1-2H3,(H2,20,22,25). The van der Waals surface area contributed by atoms with Gasteiger partial charge in [0.1, 0.15) is 5.82 Å². The monoisotopic (exact) mass is 337 g/mol. The Kier molecular flexibility index (Phi) is 4.89. The number of hydrogen-bond donors (Lipinski definition) is 2. The molecule has 8 heteroatoms. The van der Waals surface area contributed by atoms with E-state index in [2.05, 4.69) is 25.7 Å². The van der Waals surface area contributed by atoms with Crippen molar-refractivity contribution in [2.75, 3.05) is 24.3 Å². The van der Waals surface area contributed by atoms with Gasteiger partial charge in [-0.15, -0.1) is 0 Å². The van der Waals surface area contributed by atoms with Crippen LogP contribution in [0.1, 0.15) is 5.56 Å². The second-order valence-corrected chi connectivity index (χ2v) is 5.54. The average molecular weight is 337 g/mol. The molecule has 25 heavy (non-hydrogen) atoms. The molecule has 0 atom stereocenters. The Morgan fingerprint density at radius 3 is 2.72 bits per heavy atom. The third-order valence-electron chi connectivity index (χ3n) is 3.48. The zero-order valence-corrected chi connectivity index (χ0v) is 14.0. The van der Waals surface area contributed by atoms with E-state index in [1.54, 1.807) is 41.6 Å². The lowest BCUT2D eigenvalue weighted by atomic mass is 10.2. The first kappa shape index (κ1) is 16.4. The van der Waals surface area contributed by atoms with Gasteiger partial charge in [-0.3, -0.25) is 0 Å². The van der Waals surface area contributed by atoms with Gasteiger partial charge in [0, 0.05) is 44.8 Å². The molecule has 0 fully saturated rings. The molecule has 0 bridgehead atoms. The molecular weight excluding hydrogens is 318 g/mol. The van der Waals surface area contributed by atoms with Crippen molar-refractivity contribution < 1.29 is 4.79 Å². The van der Waals surface area contributed by atoms with Crippen molar-refractivity contribution in [3.8, 4) is 5.82 Å². The van der Waals surface area contributed by atoms with Gasteiger partial charge >= 0.3 is 6.03 Å². The highest BCUT2D eigenvalue weighted by atomic mass is 16.2. The van der Waals surface area contributed by atoms with Crippen LogP contribution >= 0.6 is 0 Å². The van der Waals surface area contributed by atoms with Crippen molar-refractivity contribution in [3.63, 3.8) is 0 Å². The van der Waals surface area contributed by atoms with E-state index in [4.69, 9.17) is 0 Å². The minimum atomic E-state index is -0.304. The summed E-state index contributed by atoms with van der Waals surface area (Å²) in [5.41, 5.74) is 1.54. The fraction of sp³-hybridized carbons (Fsp3) is 0.176. The number of anilines is 2. The van der Waals surface area contributed by atoms with Crippen molar-refractivity contribution in [2.24, 2.45) is 0 Å². The van der Waals surface area contributed by atoms with Crippen LogP contribution < -0.4 is 15.5 Å². The van der Waals surface area contributed by atoms with Crippen molar-refractivity contribution in [1.29, 1.82) is 0 Å². The number of amides is 2. The van der Waals surface area contributed by atoms with Crippen LogP contribution in [0.2, 0.25) is 0 Å². The molecule has 128 valence electrons. The highest BCUT2D eigenvalue weighted by Crippen LogP contribution is 2.14. The molecule has 0 unspecified atom stereocenters. The Bertz CT molecular complexity index is 828. The summed E-state index contributed by atoms with van der Waals surface area (Å²) in [5.74, 6) is 1.51. The summed E-state index contributed by atoms with van der Waals surface area (Å²) in [7, 11) is 3.83. The topological polar surface area (TPSA) is 88.0 Å². The maximum absolute atomic E-state index is 12.1. The number of nitrogens with one attached hydrogen (secondary N) is 2. The first-order valence-electron chi connectivity index (χ1n) is 7.75. The molecule has 0 radical (unpaired) electrons. The van der Waals surface area contributed by atoms with Gasteiger partial charge in [0.15, 0.2) is 5.82 Å². The molecule has 0 aliphatic heterocycles. The lowest BCUT2D eigenvalue weighted by Gasteiger charge is -2.16. The third kappa shape index (κ3) is 4.11. The van der Waals surface area contributed by atoms with E-state index in [9.17, 15) is 4.79 Å². The van der Waals surface area contributed by atoms with E-state index in [1.165, 1.54) is 0 Å². The summed E-state index contributed by atoms with van der Waals surface area (Å²) >= 11 is 0. The van der Waals surface area contributed by atoms with Crippen molar-refractivity contribution in [2.45, 2.75) is 6.54 Å². The van der Waals surface area contributed by atoms with Gasteiger partial charge in [0.05, 0.1) is 11.9 Å². The number of carbonyl (C=O) groups excluding carboxylic acids is 1. The van der Waals surface area contributed by atoms with Gasteiger partial charge < -0.3 is 15.5 Å². The summed E-state index contributed by atoms with van der Waals surface area (Å²) in [4.78, 5) is 22.6. The SMILES string of the molecule is CN(C)c1ncccc1CNC(=O)Nc1ccc(-n2cccn2)nc1. The van der Waals surface area contributed by atoms with Crippen molar-refractivity contribution >= 4 is 17.5 Å². The second kappa shape index (κ2) is 7.43. The predicted molar refractivity (Wildman–Crippen MR) is 95.8 cm³/mol. The van der Waals surface area contributed by atoms with E-state index in [0.717, 1.165) is 11.4 Å². The zero-order chi connectivity index (χ0) is 17.6. The maximum Gasteiger partial charge on any atom is 0.319 e. The van der Waals surface area contributed by atoms with E-state index < -0.39 is 0 Å². The lowest BCUT2D eigenvalue weighted by molar-refractivity contribution is 0.251. The molecule has 8 nitrogen and oxygen atoms in total. The highest BCUT2D eigenvalue weighted by Gasteiger charge is 2.08. The Hall–Kier alpha value is -3.42. The molecule has 0 aliphatic rings. The minimum Gasteiger partial charge on any atom is -0.362 e. The molecule has 0 aliphatic carbocycles. The number of rotatable bonds is 5. The quantitative estimate of drug-likeness (QED) is 0.744. The van der Waals surface area contributed by atoms with Crippen LogP contribution in [0.25, 0.3) is 5.82 Å². The van der Waals surface area contributed by atoms with Crippen LogP contribution in [0.4, 0.5) is 16.3 Å². The first-order chi connectivity index (χ1) is 12.1. The maximum atomic E-state index is 12.1. The number of hydrogen-bond acceptors (Lipinski definition) is 5. The van der Waals surface area contributed by atoms with Crippen LogP contribution in [-0.2, 0) is 6.54 Å². The molecule has 3 aromatic rings. The van der Waals surface area contributed by atoms with Gasteiger partial charge in [-0.1, -0.05) is 6.07 Å². The largest absolute Gasteiger partial charge is 0.362 e. The van der Waals surface area contributed by atoms with Gasteiger partial charge in [-0.05, 0) is 24.3 Å². The van der Waals surface area contributed by atoms with E-state index in [1.807, 2.05) is 37.2 Å². The van der Waals surface area contributed by atoms with Gasteiger partial charge in [-0.2, -0.15) is 5.10 Å². The molecule has 3 aromatic heterocycles. The Morgan fingerprint density at radius 2 is 2.04 bits per heavy atom. The molecule has 0 saturated carbocycles. The molecule has 3 rings (SSSR count). The van der Waals surface area contributed by atoms with Crippen LogP contribution in [-0.4, -0.2) is 39.9 Å². The predicted octanol–water partition coefficient (Wildman–Crippen LogP) is 2.05. The molecule has 0 spiro atoms. The van der Waals surface area contributed by atoms with Gasteiger partial charge in [0.2, 0.25) is 0 Å². The molecule has 2 N–H and O–H groups in total. The Labute approximate surface area is 145 Å². The second-order valence-electron chi connectivity index (χ2n) is 5.54. The number of carbonyl (C=O) groups is 1. The van der Waals surface area contributed by atoms with E-state index in [0.29, 0.717) is 18.1 Å². The molecular formula is C17H19N7O. The normalized spacial score (nSPS) is 10.3. The summed E-state index contributed by atoms with van der Waals surface area (Å²) < 4.78 is 1.65. The Balaban J connectivity index is 1.58. The van der Waals surface area contributed by atoms with Gasteiger partial charge in [-0.25, -0.2) is 19.4 Å². The molecule has 2 amide bonds. The van der Waals surface area contributed by atoms with Crippen LogP contribution in [0.3, 0.4) is 0 Å². The van der Waals surface area contributed by atoms with E-state index in [-0.39, 0.29) is 6.03 Å². The van der Waals surface area contributed by atoms with Crippen LogP contribution in [0.5, 0.6) is 0 Å². The lowest BCUT2D eigenvalue weighted by Crippen LogP contribution is -2.29. The number of nitrogens with zero attached hydrogens (tertiary/aromatic N) is 5. The fourth-order valence-electron chi connectivity index (χ4n) is 2.32. The number of aromatic nitrogens is 4. The number of urea groups is 1. The van der Waals surface area contributed by atoms with E-state index >= 15 is 0 Å². The third-order valence-corrected chi connectivity index (χ3v) is 3.48. The summed E-state index contributed by atoms with van der Waals surface area (Å²) in [6, 6.07) is 8.86. The highest BCUT2D eigenvalue weighted by molar-refractivity contribution is 5.89. The summed E-state index contributed by atoms with van der Waals surface area (Å²) in [6.45, 7) is 0.381. The molecule has 0 saturated heterocycles. The van der Waals surface area contributed by atoms with Crippen LogP contribution in [0, 0.1) is 0 Å².